The number of hydrogen-bond donors (Lipinski definition) is 2. The van der Waals surface area contributed by atoms with Gasteiger partial charge in [-0.2, -0.15) is 0 Å². The van der Waals surface area contributed by atoms with Gasteiger partial charge < -0.3 is 29.5 Å². The predicted molar refractivity (Wildman–Crippen MR) is 119 cm³/mol. The van der Waals surface area contributed by atoms with E-state index in [1.54, 1.807) is 37.4 Å². The average Bonchev–Trinajstić information content (AvgIpc) is 2.83. The minimum atomic E-state index is -4.80. The number of fused-ring (bicyclic) bond motifs is 1. The largest absolute Gasteiger partial charge is 0.573 e. The smallest absolute Gasteiger partial charge is 0.497 e. The highest BCUT2D eigenvalue weighted by Crippen LogP contribution is 2.42. The summed E-state index contributed by atoms with van der Waals surface area (Å²) in [6.45, 7) is -0.0302. The normalized spacial score (nSPS) is 15.2. The molecule has 1 heterocycles. The van der Waals surface area contributed by atoms with E-state index in [-0.39, 0.29) is 30.5 Å². The molecule has 1 aliphatic rings. The van der Waals surface area contributed by atoms with Gasteiger partial charge in [-0.3, -0.25) is 4.79 Å². The van der Waals surface area contributed by atoms with Crippen molar-refractivity contribution in [2.45, 2.75) is 12.4 Å². The molecule has 10 heteroatoms. The van der Waals surface area contributed by atoms with Gasteiger partial charge >= 0.3 is 6.36 Å². The van der Waals surface area contributed by atoms with Gasteiger partial charge in [0.2, 0.25) is 0 Å². The van der Waals surface area contributed by atoms with Gasteiger partial charge in [0, 0.05) is 11.4 Å². The number of nitrogens with zero attached hydrogens (tertiary/aromatic N) is 1. The van der Waals surface area contributed by atoms with Crippen LogP contribution in [0.15, 0.2) is 66.7 Å². The summed E-state index contributed by atoms with van der Waals surface area (Å²) in [6, 6.07) is 16.8. The lowest BCUT2D eigenvalue weighted by atomic mass is 10.1. The molecule has 7 nitrogen and oxygen atoms in total. The first kappa shape index (κ1) is 23.2. The van der Waals surface area contributed by atoms with Crippen LogP contribution in [0.2, 0.25) is 0 Å². The van der Waals surface area contributed by atoms with Crippen LogP contribution in [0.25, 0.3) is 0 Å². The highest BCUT2D eigenvalue weighted by Gasteiger charge is 2.32. The molecule has 1 aliphatic heterocycles. The summed E-state index contributed by atoms with van der Waals surface area (Å²) in [7, 11) is 1.57. The van der Waals surface area contributed by atoms with Crippen LogP contribution in [-0.2, 0) is 0 Å². The van der Waals surface area contributed by atoms with Gasteiger partial charge in [-0.15, -0.1) is 13.2 Å². The molecular formula is C24H21F3N2O5. The van der Waals surface area contributed by atoms with E-state index in [4.69, 9.17) is 9.47 Å². The zero-order valence-electron chi connectivity index (χ0n) is 18.0. The fraction of sp³-hybridized carbons (Fsp3) is 0.208. The number of benzene rings is 3. The number of carbonyl (C=O) groups is 1. The molecule has 0 bridgehead atoms. The number of alkyl halides is 3. The quantitative estimate of drug-likeness (QED) is 0.538. The number of amides is 1. The summed E-state index contributed by atoms with van der Waals surface area (Å²) in [5.41, 5.74) is 1.90. The van der Waals surface area contributed by atoms with Crippen LogP contribution in [0.3, 0.4) is 0 Å². The summed E-state index contributed by atoms with van der Waals surface area (Å²) < 4.78 is 51.9. The molecule has 4 rings (SSSR count). The van der Waals surface area contributed by atoms with E-state index in [0.29, 0.717) is 17.2 Å². The lowest BCUT2D eigenvalue weighted by Crippen LogP contribution is -2.43. The second-order valence-corrected chi connectivity index (χ2v) is 7.40. The topological polar surface area (TPSA) is 80.3 Å². The Morgan fingerprint density at radius 3 is 2.38 bits per heavy atom. The maximum atomic E-state index is 13.0. The number of methoxy groups -OCH3 is 1. The molecule has 1 atom stereocenters. The number of para-hydroxylation sites is 1. The van der Waals surface area contributed by atoms with Crippen LogP contribution in [-0.4, -0.2) is 43.7 Å². The Balaban J connectivity index is 1.60. The first-order chi connectivity index (χ1) is 16.3. The fourth-order valence-corrected chi connectivity index (χ4v) is 3.66. The van der Waals surface area contributed by atoms with Crippen molar-refractivity contribution in [2.75, 3.05) is 30.5 Å². The summed E-state index contributed by atoms with van der Waals surface area (Å²) in [6.07, 6.45) is -4.80. The van der Waals surface area contributed by atoms with Gasteiger partial charge in [0.05, 0.1) is 31.0 Å². The first-order valence-electron chi connectivity index (χ1n) is 10.3. The number of halogens is 3. The Labute approximate surface area is 193 Å². The van der Waals surface area contributed by atoms with E-state index in [0.717, 1.165) is 17.8 Å². The Morgan fingerprint density at radius 1 is 1.09 bits per heavy atom. The monoisotopic (exact) mass is 474 g/mol. The van der Waals surface area contributed by atoms with Crippen molar-refractivity contribution in [1.82, 2.24) is 0 Å². The number of aliphatic hydroxyl groups excluding tert-OH is 1. The van der Waals surface area contributed by atoms with E-state index in [1.165, 1.54) is 12.1 Å². The molecule has 34 heavy (non-hydrogen) atoms. The molecule has 0 aliphatic carbocycles. The van der Waals surface area contributed by atoms with Gasteiger partial charge in [0.25, 0.3) is 5.91 Å². The third-order valence-electron chi connectivity index (χ3n) is 5.19. The SMILES string of the molecule is COc1ccc(N2c3cccc(C(=O)Nc4ccc(OC(F)(F)F)cc4)c3OCC2CO)cc1. The van der Waals surface area contributed by atoms with Crippen LogP contribution in [0, 0.1) is 0 Å². The molecule has 0 spiro atoms. The van der Waals surface area contributed by atoms with Crippen molar-refractivity contribution in [3.05, 3.63) is 72.3 Å². The molecule has 3 aromatic rings. The van der Waals surface area contributed by atoms with Crippen molar-refractivity contribution in [3.63, 3.8) is 0 Å². The molecule has 0 fully saturated rings. The first-order valence-corrected chi connectivity index (χ1v) is 10.3. The van der Waals surface area contributed by atoms with E-state index in [1.807, 2.05) is 17.0 Å². The van der Waals surface area contributed by atoms with Gasteiger partial charge in [-0.05, 0) is 60.7 Å². The number of hydrogen-bond acceptors (Lipinski definition) is 6. The fourth-order valence-electron chi connectivity index (χ4n) is 3.66. The van der Waals surface area contributed by atoms with Crippen LogP contribution < -0.4 is 24.4 Å². The maximum Gasteiger partial charge on any atom is 0.573 e. The van der Waals surface area contributed by atoms with Crippen molar-refractivity contribution < 1.29 is 37.3 Å². The summed E-state index contributed by atoms with van der Waals surface area (Å²) >= 11 is 0. The minimum Gasteiger partial charge on any atom is -0.497 e. The number of aliphatic hydroxyl groups is 1. The van der Waals surface area contributed by atoms with Crippen molar-refractivity contribution in [2.24, 2.45) is 0 Å². The number of nitrogens with one attached hydrogen (secondary N) is 1. The molecule has 3 aromatic carbocycles. The summed E-state index contributed by atoms with van der Waals surface area (Å²) in [4.78, 5) is 14.9. The molecule has 0 radical (unpaired) electrons. The number of rotatable bonds is 6. The maximum absolute atomic E-state index is 13.0. The Morgan fingerprint density at radius 2 is 1.76 bits per heavy atom. The Kier molecular flexibility index (Phi) is 6.51. The van der Waals surface area contributed by atoms with E-state index in [2.05, 4.69) is 10.1 Å². The third kappa shape index (κ3) is 5.01. The molecule has 178 valence electrons. The van der Waals surface area contributed by atoms with Gasteiger partial charge in [0.1, 0.15) is 18.1 Å². The second kappa shape index (κ2) is 9.52. The minimum absolute atomic E-state index is 0.142. The van der Waals surface area contributed by atoms with Crippen LogP contribution in [0.1, 0.15) is 10.4 Å². The second-order valence-electron chi connectivity index (χ2n) is 7.40. The predicted octanol–water partition coefficient (Wildman–Crippen LogP) is 4.74. The Bertz CT molecular complexity index is 1150. The van der Waals surface area contributed by atoms with Gasteiger partial charge in [-0.25, -0.2) is 0 Å². The van der Waals surface area contributed by atoms with Crippen LogP contribution >= 0.6 is 0 Å². The third-order valence-corrected chi connectivity index (χ3v) is 5.19. The molecular weight excluding hydrogens is 453 g/mol. The molecule has 1 unspecified atom stereocenters. The number of anilines is 3. The van der Waals surface area contributed by atoms with Crippen LogP contribution in [0.4, 0.5) is 30.2 Å². The molecule has 0 saturated heterocycles. The lowest BCUT2D eigenvalue weighted by Gasteiger charge is -2.38. The zero-order chi connectivity index (χ0) is 24.3. The molecule has 0 aromatic heterocycles. The number of ether oxygens (including phenoxy) is 3. The van der Waals surface area contributed by atoms with E-state index >= 15 is 0 Å². The molecule has 0 saturated carbocycles. The molecule has 1 amide bonds. The number of carbonyl (C=O) groups excluding carboxylic acids is 1. The van der Waals surface area contributed by atoms with Gasteiger partial charge in [0.15, 0.2) is 5.75 Å². The van der Waals surface area contributed by atoms with E-state index in [9.17, 15) is 23.1 Å². The van der Waals surface area contributed by atoms with Gasteiger partial charge in [-0.1, -0.05) is 6.07 Å². The summed E-state index contributed by atoms with van der Waals surface area (Å²) in [5, 5.41) is 12.6. The highest BCUT2D eigenvalue weighted by molar-refractivity contribution is 6.07. The van der Waals surface area contributed by atoms with Crippen molar-refractivity contribution in [1.29, 1.82) is 0 Å². The van der Waals surface area contributed by atoms with Crippen LogP contribution in [0.5, 0.6) is 17.2 Å². The zero-order valence-corrected chi connectivity index (χ0v) is 18.0. The lowest BCUT2D eigenvalue weighted by molar-refractivity contribution is -0.274. The highest BCUT2D eigenvalue weighted by atomic mass is 19.4. The van der Waals surface area contributed by atoms with Crippen molar-refractivity contribution in [3.8, 4) is 17.2 Å². The standard InChI is InChI=1S/C24H21F3N2O5/c1-32-18-11-7-16(8-12-18)29-17(13-30)14-33-22-20(3-2-4-21(22)29)23(31)28-15-5-9-19(10-6-15)34-24(25,26)27/h2-12,17,30H,13-14H2,1H3,(H,28,31). The average molecular weight is 474 g/mol. The molecule has 2 N–H and O–H groups in total. The summed E-state index contributed by atoms with van der Waals surface area (Å²) in [5.74, 6) is 0.115. The van der Waals surface area contributed by atoms with Crippen molar-refractivity contribution >= 4 is 23.0 Å². The Hall–Kier alpha value is -3.92. The van der Waals surface area contributed by atoms with E-state index < -0.39 is 18.0 Å².